The Labute approximate surface area is 137 Å². The molecule has 0 bridgehead atoms. The zero-order chi connectivity index (χ0) is 15.9. The second kappa shape index (κ2) is 5.72. The molecule has 2 saturated heterocycles. The lowest BCUT2D eigenvalue weighted by atomic mass is 9.88. The molecule has 1 spiro atoms. The SMILES string of the molecule is O=S(=O)(C1CC1)N1CCOCC2(CCN(c3ccccn3)C2)C1. The summed E-state index contributed by atoms with van der Waals surface area (Å²) in [4.78, 5) is 6.67. The molecule has 1 aromatic rings. The van der Waals surface area contributed by atoms with Crippen molar-refractivity contribution >= 4 is 15.8 Å². The summed E-state index contributed by atoms with van der Waals surface area (Å²) in [6, 6.07) is 5.91. The third kappa shape index (κ3) is 2.97. The molecule has 1 aliphatic carbocycles. The van der Waals surface area contributed by atoms with Crippen LogP contribution >= 0.6 is 0 Å². The smallest absolute Gasteiger partial charge is 0.217 e. The van der Waals surface area contributed by atoms with Gasteiger partial charge in [0.25, 0.3) is 0 Å². The monoisotopic (exact) mass is 337 g/mol. The summed E-state index contributed by atoms with van der Waals surface area (Å²) in [5, 5.41) is -0.147. The highest BCUT2D eigenvalue weighted by Gasteiger charge is 2.47. The predicted molar refractivity (Wildman–Crippen MR) is 87.8 cm³/mol. The van der Waals surface area contributed by atoms with Crippen LogP contribution in [0.15, 0.2) is 24.4 Å². The second-order valence-electron chi connectivity index (χ2n) is 6.99. The molecule has 3 aliphatic rings. The number of hydrogen-bond donors (Lipinski definition) is 0. The van der Waals surface area contributed by atoms with Gasteiger partial charge in [-0.05, 0) is 31.4 Å². The lowest BCUT2D eigenvalue weighted by molar-refractivity contribution is 0.0807. The van der Waals surface area contributed by atoms with Gasteiger partial charge in [-0.25, -0.2) is 13.4 Å². The average molecular weight is 337 g/mol. The van der Waals surface area contributed by atoms with E-state index in [2.05, 4.69) is 9.88 Å². The van der Waals surface area contributed by atoms with Crippen molar-refractivity contribution in [2.75, 3.05) is 44.3 Å². The van der Waals surface area contributed by atoms with Crippen molar-refractivity contribution < 1.29 is 13.2 Å². The van der Waals surface area contributed by atoms with E-state index in [1.54, 1.807) is 10.5 Å². The van der Waals surface area contributed by atoms with Gasteiger partial charge in [0.1, 0.15) is 5.82 Å². The zero-order valence-electron chi connectivity index (χ0n) is 13.2. The van der Waals surface area contributed by atoms with Crippen LogP contribution in [-0.4, -0.2) is 62.3 Å². The van der Waals surface area contributed by atoms with Gasteiger partial charge in [0.15, 0.2) is 0 Å². The highest BCUT2D eigenvalue weighted by atomic mass is 32.2. The van der Waals surface area contributed by atoms with Crippen molar-refractivity contribution in [3.63, 3.8) is 0 Å². The van der Waals surface area contributed by atoms with E-state index in [1.165, 1.54) is 0 Å². The van der Waals surface area contributed by atoms with Crippen LogP contribution in [0.2, 0.25) is 0 Å². The molecule has 1 saturated carbocycles. The van der Waals surface area contributed by atoms with Crippen molar-refractivity contribution in [1.29, 1.82) is 0 Å². The van der Waals surface area contributed by atoms with E-state index in [9.17, 15) is 8.42 Å². The molecule has 0 amide bonds. The molecule has 0 aromatic carbocycles. The third-order valence-electron chi connectivity index (χ3n) is 5.12. The minimum atomic E-state index is -3.14. The molecule has 3 fully saturated rings. The number of aromatic nitrogens is 1. The molecule has 2 aliphatic heterocycles. The molecule has 0 N–H and O–H groups in total. The summed E-state index contributed by atoms with van der Waals surface area (Å²) in [7, 11) is -3.14. The minimum absolute atomic E-state index is 0.115. The fraction of sp³-hybridized carbons (Fsp3) is 0.688. The van der Waals surface area contributed by atoms with Crippen LogP contribution < -0.4 is 4.90 Å². The Morgan fingerprint density at radius 2 is 2.09 bits per heavy atom. The van der Waals surface area contributed by atoms with Crippen molar-refractivity contribution in [3.8, 4) is 0 Å². The molecular formula is C16H23N3O3S. The molecule has 1 aromatic heterocycles. The Balaban J connectivity index is 1.53. The van der Waals surface area contributed by atoms with Gasteiger partial charge in [0, 0.05) is 37.8 Å². The van der Waals surface area contributed by atoms with E-state index in [-0.39, 0.29) is 10.7 Å². The van der Waals surface area contributed by atoms with E-state index in [4.69, 9.17) is 4.74 Å². The van der Waals surface area contributed by atoms with Gasteiger partial charge in [0.2, 0.25) is 10.0 Å². The van der Waals surface area contributed by atoms with Gasteiger partial charge in [-0.2, -0.15) is 4.31 Å². The lowest BCUT2D eigenvalue weighted by Gasteiger charge is -2.31. The van der Waals surface area contributed by atoms with E-state index in [0.29, 0.717) is 26.3 Å². The van der Waals surface area contributed by atoms with Crippen LogP contribution in [0.4, 0.5) is 5.82 Å². The first-order chi connectivity index (χ1) is 11.1. The Bertz CT molecular complexity index is 662. The first-order valence-corrected chi connectivity index (χ1v) is 9.82. The summed E-state index contributed by atoms with van der Waals surface area (Å²) in [5.74, 6) is 0.963. The summed E-state index contributed by atoms with van der Waals surface area (Å²) in [5.41, 5.74) is -0.115. The maximum atomic E-state index is 12.6. The molecule has 126 valence electrons. The van der Waals surface area contributed by atoms with Gasteiger partial charge >= 0.3 is 0 Å². The number of anilines is 1. The first-order valence-electron chi connectivity index (χ1n) is 8.32. The number of ether oxygens (including phenoxy) is 1. The molecule has 1 unspecified atom stereocenters. The van der Waals surface area contributed by atoms with Crippen LogP contribution in [0, 0.1) is 5.41 Å². The van der Waals surface area contributed by atoms with Gasteiger partial charge < -0.3 is 9.64 Å². The number of rotatable bonds is 3. The summed E-state index contributed by atoms with van der Waals surface area (Å²) in [6.45, 7) is 3.90. The molecule has 7 heteroatoms. The Hall–Kier alpha value is -1.18. The van der Waals surface area contributed by atoms with Gasteiger partial charge in [-0.3, -0.25) is 0 Å². The Morgan fingerprint density at radius 1 is 1.22 bits per heavy atom. The second-order valence-corrected chi connectivity index (χ2v) is 9.20. The number of hydrogen-bond acceptors (Lipinski definition) is 5. The highest BCUT2D eigenvalue weighted by Crippen LogP contribution is 2.38. The first kappa shape index (κ1) is 15.4. The van der Waals surface area contributed by atoms with Crippen LogP contribution in [0.1, 0.15) is 19.3 Å². The maximum Gasteiger partial charge on any atom is 0.217 e. The standard InChI is InChI=1S/C16H23N3O3S/c20-23(21,14-4-5-14)19-9-10-22-13-16(12-19)6-8-18(11-16)15-3-1-2-7-17-15/h1-3,7,14H,4-6,8-13H2. The molecule has 0 radical (unpaired) electrons. The quantitative estimate of drug-likeness (QED) is 0.827. The van der Waals surface area contributed by atoms with Crippen LogP contribution in [0.5, 0.6) is 0 Å². The van der Waals surface area contributed by atoms with E-state index >= 15 is 0 Å². The summed E-state index contributed by atoms with van der Waals surface area (Å²) >= 11 is 0. The number of nitrogens with zero attached hydrogens (tertiary/aromatic N) is 3. The molecule has 6 nitrogen and oxygen atoms in total. The topological polar surface area (TPSA) is 62.7 Å². The van der Waals surface area contributed by atoms with Crippen LogP contribution in [0.25, 0.3) is 0 Å². The lowest BCUT2D eigenvalue weighted by Crippen LogP contribution is -2.44. The largest absolute Gasteiger partial charge is 0.379 e. The Morgan fingerprint density at radius 3 is 2.83 bits per heavy atom. The molecule has 1 atom stereocenters. The zero-order valence-corrected chi connectivity index (χ0v) is 14.0. The molecule has 4 rings (SSSR count). The molecule has 3 heterocycles. The maximum absolute atomic E-state index is 12.6. The average Bonchev–Trinajstić information content (AvgIpc) is 3.35. The van der Waals surface area contributed by atoms with Crippen molar-refractivity contribution in [2.24, 2.45) is 5.41 Å². The fourth-order valence-corrected chi connectivity index (χ4v) is 5.60. The van der Waals surface area contributed by atoms with Crippen LogP contribution in [-0.2, 0) is 14.8 Å². The minimum Gasteiger partial charge on any atom is -0.379 e. The molecular weight excluding hydrogens is 314 g/mol. The predicted octanol–water partition coefficient (Wildman–Crippen LogP) is 1.10. The van der Waals surface area contributed by atoms with Gasteiger partial charge in [-0.15, -0.1) is 0 Å². The summed E-state index contributed by atoms with van der Waals surface area (Å²) < 4.78 is 32.8. The van der Waals surface area contributed by atoms with Crippen molar-refractivity contribution in [2.45, 2.75) is 24.5 Å². The number of pyridine rings is 1. The van der Waals surface area contributed by atoms with Crippen molar-refractivity contribution in [1.82, 2.24) is 9.29 Å². The van der Waals surface area contributed by atoms with E-state index < -0.39 is 10.0 Å². The third-order valence-corrected chi connectivity index (χ3v) is 7.47. The van der Waals surface area contributed by atoms with E-state index in [1.807, 2.05) is 18.2 Å². The van der Waals surface area contributed by atoms with Gasteiger partial charge in [0.05, 0.1) is 18.5 Å². The van der Waals surface area contributed by atoms with Crippen LogP contribution in [0.3, 0.4) is 0 Å². The number of sulfonamides is 1. The van der Waals surface area contributed by atoms with Gasteiger partial charge in [-0.1, -0.05) is 6.07 Å². The summed E-state index contributed by atoms with van der Waals surface area (Å²) in [6.07, 6.45) is 4.37. The highest BCUT2D eigenvalue weighted by molar-refractivity contribution is 7.90. The molecule has 23 heavy (non-hydrogen) atoms. The van der Waals surface area contributed by atoms with Crippen molar-refractivity contribution in [3.05, 3.63) is 24.4 Å². The Kier molecular flexibility index (Phi) is 3.82. The fourth-order valence-electron chi connectivity index (χ4n) is 3.67. The normalized spacial score (nSPS) is 29.8. The van der Waals surface area contributed by atoms with E-state index in [0.717, 1.165) is 38.2 Å².